The number of carboxylic acids is 1. The van der Waals surface area contributed by atoms with E-state index in [0.717, 1.165) is 0 Å². The molecule has 0 spiro atoms. The predicted molar refractivity (Wildman–Crippen MR) is 70.4 cm³/mol. The maximum Gasteiger partial charge on any atom is 0.338 e. The van der Waals surface area contributed by atoms with Crippen molar-refractivity contribution >= 4 is 34.7 Å². The first-order valence-electron chi connectivity index (χ1n) is 5.09. The minimum absolute atomic E-state index is 0.0863. The lowest BCUT2D eigenvalue weighted by Crippen LogP contribution is -2.20. The highest BCUT2D eigenvalue weighted by Gasteiger charge is 2.13. The third-order valence-corrected chi connectivity index (χ3v) is 2.92. The monoisotopic (exact) mass is 262 g/mol. The molecule has 1 aromatic carbocycles. The fraction of sp³-hybridized carbons (Fsp3) is 0. The Bertz CT molecular complexity index is 566. The zero-order chi connectivity index (χ0) is 13.0. The standard InChI is InChI=1S/C12H10N2O3S/c15-11(16)9-6-18-7-10(9)14-12(17)13-8-4-2-1-3-5-8/h1-7H,(H,15,16)(H2,13,14,17). The molecule has 0 aliphatic carbocycles. The molecule has 0 aliphatic heterocycles. The Kier molecular flexibility index (Phi) is 3.59. The summed E-state index contributed by atoms with van der Waals surface area (Å²) in [6.45, 7) is 0. The minimum atomic E-state index is -1.06. The van der Waals surface area contributed by atoms with Crippen LogP contribution in [0.25, 0.3) is 0 Å². The van der Waals surface area contributed by atoms with Crippen molar-refractivity contribution < 1.29 is 14.7 Å². The second kappa shape index (κ2) is 5.33. The van der Waals surface area contributed by atoms with E-state index in [1.165, 1.54) is 16.7 Å². The number of amides is 2. The number of carboxylic acid groups (broad SMARTS) is 1. The number of benzene rings is 1. The van der Waals surface area contributed by atoms with Crippen LogP contribution in [0.3, 0.4) is 0 Å². The van der Waals surface area contributed by atoms with Gasteiger partial charge in [0, 0.05) is 16.4 Å². The number of hydrogen-bond donors (Lipinski definition) is 3. The van der Waals surface area contributed by atoms with E-state index in [1.54, 1.807) is 29.6 Å². The zero-order valence-corrected chi connectivity index (χ0v) is 10.0. The van der Waals surface area contributed by atoms with Crippen molar-refractivity contribution in [2.24, 2.45) is 0 Å². The van der Waals surface area contributed by atoms with E-state index >= 15 is 0 Å². The molecule has 1 aromatic heterocycles. The van der Waals surface area contributed by atoms with E-state index in [-0.39, 0.29) is 5.56 Å². The van der Waals surface area contributed by atoms with Crippen LogP contribution in [-0.4, -0.2) is 17.1 Å². The first-order valence-corrected chi connectivity index (χ1v) is 6.03. The number of thiophene rings is 1. The van der Waals surface area contributed by atoms with Crippen LogP contribution in [0.4, 0.5) is 16.2 Å². The first-order chi connectivity index (χ1) is 8.66. The average molecular weight is 262 g/mol. The van der Waals surface area contributed by atoms with Crippen molar-refractivity contribution in [1.82, 2.24) is 0 Å². The largest absolute Gasteiger partial charge is 0.478 e. The van der Waals surface area contributed by atoms with Crippen LogP contribution in [0.2, 0.25) is 0 Å². The molecule has 0 saturated heterocycles. The van der Waals surface area contributed by atoms with Crippen molar-refractivity contribution in [2.45, 2.75) is 0 Å². The lowest BCUT2D eigenvalue weighted by Gasteiger charge is -2.06. The van der Waals surface area contributed by atoms with Crippen LogP contribution in [0.1, 0.15) is 10.4 Å². The second-order valence-corrected chi connectivity index (χ2v) is 4.19. The Balaban J connectivity index is 2.04. The van der Waals surface area contributed by atoms with Gasteiger partial charge in [-0.3, -0.25) is 0 Å². The molecule has 0 fully saturated rings. The maximum atomic E-state index is 11.6. The second-order valence-electron chi connectivity index (χ2n) is 3.45. The van der Waals surface area contributed by atoms with Crippen molar-refractivity contribution in [3.8, 4) is 0 Å². The van der Waals surface area contributed by atoms with Gasteiger partial charge in [0.1, 0.15) is 0 Å². The smallest absolute Gasteiger partial charge is 0.338 e. The highest BCUT2D eigenvalue weighted by atomic mass is 32.1. The van der Waals surface area contributed by atoms with Gasteiger partial charge in [0.05, 0.1) is 11.3 Å². The highest BCUT2D eigenvalue weighted by Crippen LogP contribution is 2.21. The molecule has 2 aromatic rings. The van der Waals surface area contributed by atoms with Crippen LogP contribution in [0.15, 0.2) is 41.1 Å². The number of urea groups is 1. The molecule has 2 amide bonds. The van der Waals surface area contributed by atoms with Gasteiger partial charge in [-0.25, -0.2) is 9.59 Å². The van der Waals surface area contributed by atoms with E-state index in [0.29, 0.717) is 11.4 Å². The van der Waals surface area contributed by atoms with Crippen molar-refractivity contribution in [3.63, 3.8) is 0 Å². The molecule has 0 aliphatic rings. The molecule has 2 rings (SSSR count). The van der Waals surface area contributed by atoms with E-state index < -0.39 is 12.0 Å². The average Bonchev–Trinajstić information content (AvgIpc) is 2.78. The van der Waals surface area contributed by atoms with Gasteiger partial charge in [0.25, 0.3) is 0 Å². The van der Waals surface area contributed by atoms with Gasteiger partial charge in [0.15, 0.2) is 0 Å². The fourth-order valence-electron chi connectivity index (χ4n) is 1.37. The number of para-hydroxylation sites is 1. The zero-order valence-electron chi connectivity index (χ0n) is 9.21. The molecule has 0 atom stereocenters. The highest BCUT2D eigenvalue weighted by molar-refractivity contribution is 7.08. The number of rotatable bonds is 3. The van der Waals surface area contributed by atoms with Gasteiger partial charge in [-0.1, -0.05) is 18.2 Å². The predicted octanol–water partition coefficient (Wildman–Crippen LogP) is 3.09. The number of carbonyl (C=O) groups is 2. The topological polar surface area (TPSA) is 78.4 Å². The molecular formula is C12H10N2O3S. The summed E-state index contributed by atoms with van der Waals surface area (Å²) in [4.78, 5) is 22.5. The van der Waals surface area contributed by atoms with Crippen LogP contribution in [-0.2, 0) is 0 Å². The number of hydrogen-bond acceptors (Lipinski definition) is 3. The lowest BCUT2D eigenvalue weighted by atomic mass is 10.3. The van der Waals surface area contributed by atoms with Crippen molar-refractivity contribution in [1.29, 1.82) is 0 Å². The van der Waals surface area contributed by atoms with Gasteiger partial charge in [-0.15, -0.1) is 11.3 Å². The number of carbonyl (C=O) groups excluding carboxylic acids is 1. The molecule has 18 heavy (non-hydrogen) atoms. The van der Waals surface area contributed by atoms with E-state index in [9.17, 15) is 9.59 Å². The molecule has 3 N–H and O–H groups in total. The van der Waals surface area contributed by atoms with Crippen LogP contribution < -0.4 is 10.6 Å². The maximum absolute atomic E-state index is 11.6. The summed E-state index contributed by atoms with van der Waals surface area (Å²) in [7, 11) is 0. The Labute approximate surface area is 107 Å². The van der Waals surface area contributed by atoms with Crippen molar-refractivity contribution in [3.05, 3.63) is 46.7 Å². The third-order valence-electron chi connectivity index (χ3n) is 2.17. The summed E-state index contributed by atoms with van der Waals surface area (Å²) in [6, 6.07) is 8.44. The van der Waals surface area contributed by atoms with E-state index in [1.807, 2.05) is 6.07 Å². The number of anilines is 2. The van der Waals surface area contributed by atoms with Crippen molar-refractivity contribution in [2.75, 3.05) is 10.6 Å². The van der Waals surface area contributed by atoms with Crippen LogP contribution >= 0.6 is 11.3 Å². The first kappa shape index (κ1) is 12.1. The Morgan fingerprint density at radius 2 is 1.78 bits per heavy atom. The summed E-state index contributed by atoms with van der Waals surface area (Å²) in [5.41, 5.74) is 1.02. The molecule has 0 bridgehead atoms. The van der Waals surface area contributed by atoms with Gasteiger partial charge in [-0.05, 0) is 12.1 Å². The normalized spacial score (nSPS) is 9.78. The molecule has 5 nitrogen and oxygen atoms in total. The Hall–Kier alpha value is -2.34. The fourth-order valence-corrected chi connectivity index (χ4v) is 2.12. The Morgan fingerprint density at radius 3 is 2.44 bits per heavy atom. The molecule has 6 heteroatoms. The summed E-state index contributed by atoms with van der Waals surface area (Å²) in [5, 5.41) is 17.1. The van der Waals surface area contributed by atoms with Gasteiger partial charge < -0.3 is 15.7 Å². The number of nitrogens with one attached hydrogen (secondary N) is 2. The lowest BCUT2D eigenvalue weighted by molar-refractivity contribution is 0.0698. The van der Waals surface area contributed by atoms with Gasteiger partial charge in [0.2, 0.25) is 0 Å². The SMILES string of the molecule is O=C(Nc1ccccc1)Nc1cscc1C(=O)O. The molecular weight excluding hydrogens is 252 g/mol. The third kappa shape index (κ3) is 2.86. The van der Waals surface area contributed by atoms with E-state index in [2.05, 4.69) is 10.6 Å². The quantitative estimate of drug-likeness (QED) is 0.795. The summed E-state index contributed by atoms with van der Waals surface area (Å²) >= 11 is 1.22. The summed E-state index contributed by atoms with van der Waals surface area (Å²) < 4.78 is 0. The molecule has 0 unspecified atom stereocenters. The molecule has 1 heterocycles. The van der Waals surface area contributed by atoms with Gasteiger partial charge >= 0.3 is 12.0 Å². The minimum Gasteiger partial charge on any atom is -0.478 e. The summed E-state index contributed by atoms with van der Waals surface area (Å²) in [6.07, 6.45) is 0. The Morgan fingerprint density at radius 1 is 1.06 bits per heavy atom. The van der Waals surface area contributed by atoms with E-state index in [4.69, 9.17) is 5.11 Å². The molecule has 92 valence electrons. The van der Waals surface area contributed by atoms with Gasteiger partial charge in [-0.2, -0.15) is 0 Å². The van der Waals surface area contributed by atoms with Crippen LogP contribution in [0, 0.1) is 0 Å². The number of aromatic carboxylic acids is 1. The molecule has 0 saturated carbocycles. The summed E-state index contributed by atoms with van der Waals surface area (Å²) in [5.74, 6) is -1.06. The van der Waals surface area contributed by atoms with Crippen LogP contribution in [0.5, 0.6) is 0 Å². The molecule has 0 radical (unpaired) electrons.